The first-order valence-electron chi connectivity index (χ1n) is 4.05. The smallest absolute Gasteiger partial charge is 0.243 e. The molecule has 0 spiro atoms. The zero-order valence-electron chi connectivity index (χ0n) is 7.70. The maximum absolute atomic E-state index is 11.0. The molecule has 0 aliphatic heterocycles. The molecule has 0 aromatic carbocycles. The maximum Gasteiger partial charge on any atom is 0.243 e. The predicted octanol–water partition coefficient (Wildman–Crippen LogP) is 1.18. The SMILES string of the molecule is C/C=C\C(=O)NCc1cc(C)on1. The first-order valence-corrected chi connectivity index (χ1v) is 4.05. The van der Waals surface area contributed by atoms with Gasteiger partial charge < -0.3 is 9.84 Å². The molecular formula is C9H12N2O2. The molecule has 0 bridgehead atoms. The number of nitrogens with zero attached hydrogens (tertiary/aromatic N) is 1. The molecule has 0 atom stereocenters. The van der Waals surface area contributed by atoms with E-state index in [1.807, 2.05) is 6.92 Å². The Labute approximate surface area is 76.6 Å². The van der Waals surface area contributed by atoms with Crippen LogP contribution in [0.15, 0.2) is 22.7 Å². The van der Waals surface area contributed by atoms with E-state index in [-0.39, 0.29) is 5.91 Å². The minimum atomic E-state index is -0.122. The summed E-state index contributed by atoms with van der Waals surface area (Å²) in [5.74, 6) is 0.624. The zero-order valence-corrected chi connectivity index (χ0v) is 7.70. The Hall–Kier alpha value is -1.58. The fourth-order valence-corrected chi connectivity index (χ4v) is 0.889. The second-order valence-corrected chi connectivity index (χ2v) is 2.65. The number of hydrogen-bond donors (Lipinski definition) is 1. The van der Waals surface area contributed by atoms with Crippen LogP contribution in [0.3, 0.4) is 0 Å². The molecule has 1 amide bonds. The van der Waals surface area contributed by atoms with Gasteiger partial charge in [-0.15, -0.1) is 0 Å². The van der Waals surface area contributed by atoms with Gasteiger partial charge in [-0.05, 0) is 19.9 Å². The van der Waals surface area contributed by atoms with Crippen molar-refractivity contribution in [2.24, 2.45) is 0 Å². The largest absolute Gasteiger partial charge is 0.361 e. The lowest BCUT2D eigenvalue weighted by molar-refractivity contribution is -0.116. The van der Waals surface area contributed by atoms with Crippen LogP contribution < -0.4 is 5.32 Å². The van der Waals surface area contributed by atoms with Gasteiger partial charge in [0.15, 0.2) is 0 Å². The lowest BCUT2D eigenvalue weighted by Crippen LogP contribution is -2.20. The maximum atomic E-state index is 11.0. The Bertz CT molecular complexity index is 315. The normalized spacial score (nSPS) is 10.6. The molecule has 0 radical (unpaired) electrons. The van der Waals surface area contributed by atoms with Crippen molar-refractivity contribution in [2.75, 3.05) is 0 Å². The van der Waals surface area contributed by atoms with E-state index < -0.39 is 0 Å². The van der Waals surface area contributed by atoms with Gasteiger partial charge in [0.1, 0.15) is 11.5 Å². The monoisotopic (exact) mass is 180 g/mol. The van der Waals surface area contributed by atoms with Crippen LogP contribution in [0.25, 0.3) is 0 Å². The Kier molecular flexibility index (Phi) is 3.25. The Morgan fingerprint density at radius 2 is 2.54 bits per heavy atom. The summed E-state index contributed by atoms with van der Waals surface area (Å²) >= 11 is 0. The van der Waals surface area contributed by atoms with E-state index in [1.165, 1.54) is 6.08 Å². The summed E-state index contributed by atoms with van der Waals surface area (Å²) in [7, 11) is 0. The van der Waals surface area contributed by atoms with Crippen LogP contribution >= 0.6 is 0 Å². The van der Waals surface area contributed by atoms with E-state index in [0.29, 0.717) is 6.54 Å². The summed E-state index contributed by atoms with van der Waals surface area (Å²) in [6.45, 7) is 4.00. The topological polar surface area (TPSA) is 55.1 Å². The number of nitrogens with one attached hydrogen (secondary N) is 1. The number of aryl methyl sites for hydroxylation is 1. The van der Waals surface area contributed by atoms with E-state index in [4.69, 9.17) is 4.52 Å². The van der Waals surface area contributed by atoms with Gasteiger partial charge in [0, 0.05) is 6.07 Å². The van der Waals surface area contributed by atoms with Crippen molar-refractivity contribution < 1.29 is 9.32 Å². The molecule has 13 heavy (non-hydrogen) atoms. The molecule has 1 N–H and O–H groups in total. The van der Waals surface area contributed by atoms with Crippen LogP contribution in [0.1, 0.15) is 18.4 Å². The Balaban J connectivity index is 2.39. The van der Waals surface area contributed by atoms with E-state index in [0.717, 1.165) is 11.5 Å². The Morgan fingerprint density at radius 1 is 1.77 bits per heavy atom. The molecule has 1 aromatic rings. The van der Waals surface area contributed by atoms with E-state index in [2.05, 4.69) is 10.5 Å². The molecule has 1 aromatic heterocycles. The molecule has 70 valence electrons. The van der Waals surface area contributed by atoms with Crippen LogP contribution in [0.2, 0.25) is 0 Å². The van der Waals surface area contributed by atoms with Crippen LogP contribution in [0, 0.1) is 6.92 Å². The minimum Gasteiger partial charge on any atom is -0.361 e. The highest BCUT2D eigenvalue weighted by Gasteiger charge is 2.00. The van der Waals surface area contributed by atoms with E-state index in [9.17, 15) is 4.79 Å². The van der Waals surface area contributed by atoms with Gasteiger partial charge in [-0.25, -0.2) is 0 Å². The number of amides is 1. The van der Waals surface area contributed by atoms with Gasteiger partial charge in [0.05, 0.1) is 6.54 Å². The number of rotatable bonds is 3. The summed E-state index contributed by atoms with van der Waals surface area (Å²) in [6, 6.07) is 1.79. The van der Waals surface area contributed by atoms with Gasteiger partial charge in [-0.3, -0.25) is 4.79 Å². The molecule has 0 fully saturated rings. The second-order valence-electron chi connectivity index (χ2n) is 2.65. The van der Waals surface area contributed by atoms with E-state index in [1.54, 1.807) is 19.1 Å². The zero-order chi connectivity index (χ0) is 9.68. The molecule has 0 saturated carbocycles. The highest BCUT2D eigenvalue weighted by Crippen LogP contribution is 2.00. The number of allylic oxidation sites excluding steroid dienone is 1. The number of carbonyl (C=O) groups is 1. The predicted molar refractivity (Wildman–Crippen MR) is 47.9 cm³/mol. The Morgan fingerprint density at radius 3 is 3.08 bits per heavy atom. The number of hydrogen-bond acceptors (Lipinski definition) is 3. The highest BCUT2D eigenvalue weighted by molar-refractivity contribution is 5.87. The number of carbonyl (C=O) groups excluding carboxylic acids is 1. The van der Waals surface area contributed by atoms with Gasteiger partial charge in [0.2, 0.25) is 5.91 Å². The fraction of sp³-hybridized carbons (Fsp3) is 0.333. The standard InChI is InChI=1S/C9H12N2O2/c1-3-4-9(12)10-6-8-5-7(2)13-11-8/h3-5H,6H2,1-2H3,(H,10,12)/b4-3-. The first kappa shape index (κ1) is 9.51. The molecule has 0 aliphatic rings. The minimum absolute atomic E-state index is 0.122. The molecule has 4 nitrogen and oxygen atoms in total. The van der Waals surface area contributed by atoms with Gasteiger partial charge >= 0.3 is 0 Å². The van der Waals surface area contributed by atoms with Crippen LogP contribution in [-0.4, -0.2) is 11.1 Å². The molecule has 1 rings (SSSR count). The third-order valence-corrected chi connectivity index (χ3v) is 1.44. The van der Waals surface area contributed by atoms with Crippen LogP contribution in [-0.2, 0) is 11.3 Å². The molecule has 0 aliphatic carbocycles. The summed E-state index contributed by atoms with van der Waals surface area (Å²) in [6.07, 6.45) is 3.15. The highest BCUT2D eigenvalue weighted by atomic mass is 16.5. The lowest BCUT2D eigenvalue weighted by Gasteiger charge is -1.95. The molecule has 4 heteroatoms. The van der Waals surface area contributed by atoms with Gasteiger partial charge in [0.25, 0.3) is 0 Å². The van der Waals surface area contributed by atoms with E-state index >= 15 is 0 Å². The van der Waals surface area contributed by atoms with Crippen LogP contribution in [0.5, 0.6) is 0 Å². The lowest BCUT2D eigenvalue weighted by atomic mass is 10.3. The molecule has 0 saturated heterocycles. The molecule has 0 unspecified atom stereocenters. The van der Waals surface area contributed by atoms with Crippen molar-refractivity contribution in [1.29, 1.82) is 0 Å². The van der Waals surface area contributed by atoms with Crippen LogP contribution in [0.4, 0.5) is 0 Å². The second kappa shape index (κ2) is 4.45. The third kappa shape index (κ3) is 3.11. The number of aromatic nitrogens is 1. The average Bonchev–Trinajstić information content (AvgIpc) is 2.49. The van der Waals surface area contributed by atoms with Gasteiger partial charge in [-0.2, -0.15) is 0 Å². The summed E-state index contributed by atoms with van der Waals surface area (Å²) in [5, 5.41) is 6.40. The summed E-state index contributed by atoms with van der Waals surface area (Å²) < 4.78 is 4.84. The van der Waals surface area contributed by atoms with Crippen molar-refractivity contribution in [1.82, 2.24) is 10.5 Å². The van der Waals surface area contributed by atoms with Gasteiger partial charge in [-0.1, -0.05) is 11.2 Å². The van der Waals surface area contributed by atoms with Crippen molar-refractivity contribution in [3.05, 3.63) is 29.7 Å². The summed E-state index contributed by atoms with van der Waals surface area (Å²) in [5.41, 5.74) is 0.732. The van der Waals surface area contributed by atoms with Crippen molar-refractivity contribution in [3.63, 3.8) is 0 Å². The quantitative estimate of drug-likeness (QED) is 0.710. The first-order chi connectivity index (χ1) is 6.22. The van der Waals surface area contributed by atoms with Crippen molar-refractivity contribution in [2.45, 2.75) is 20.4 Å². The molecular weight excluding hydrogens is 168 g/mol. The average molecular weight is 180 g/mol. The fourth-order valence-electron chi connectivity index (χ4n) is 0.889. The third-order valence-electron chi connectivity index (χ3n) is 1.44. The van der Waals surface area contributed by atoms with Crippen molar-refractivity contribution in [3.8, 4) is 0 Å². The molecule has 1 heterocycles. The van der Waals surface area contributed by atoms with Crippen molar-refractivity contribution >= 4 is 5.91 Å². The summed E-state index contributed by atoms with van der Waals surface area (Å²) in [4.78, 5) is 11.0.